The third kappa shape index (κ3) is 36.0. The van der Waals surface area contributed by atoms with E-state index in [4.69, 9.17) is 23.7 Å². The lowest BCUT2D eigenvalue weighted by Crippen LogP contribution is -2.28. The predicted octanol–water partition coefficient (Wildman–Crippen LogP) is 11.5. The summed E-state index contributed by atoms with van der Waals surface area (Å²) in [7, 11) is 0. The minimum atomic E-state index is -1.25. The van der Waals surface area contributed by atoms with Gasteiger partial charge in [-0.25, -0.2) is 0 Å². The fraction of sp³-hybridized carbons (Fsp3) is 0.977. The van der Waals surface area contributed by atoms with Crippen molar-refractivity contribution in [2.75, 3.05) is 46.1 Å². The van der Waals surface area contributed by atoms with E-state index in [1.54, 1.807) is 0 Å². The van der Waals surface area contributed by atoms with E-state index < -0.39 is 6.48 Å². The molecular formula is C43H87NO7. The van der Waals surface area contributed by atoms with Crippen molar-refractivity contribution in [1.29, 1.82) is 0 Å². The van der Waals surface area contributed by atoms with Crippen LogP contribution in [0.25, 0.3) is 0 Å². The molecule has 8 heteroatoms. The molecule has 0 aliphatic heterocycles. The first-order valence-corrected chi connectivity index (χ1v) is 22.1. The van der Waals surface area contributed by atoms with Gasteiger partial charge in [0.25, 0.3) is 6.48 Å². The van der Waals surface area contributed by atoms with E-state index in [1.165, 1.54) is 103 Å². The number of aliphatic hydroxyl groups is 1. The molecule has 0 aliphatic rings. The standard InChI is InChI=1S/C43H87NO7/c1-6-11-14-17-20-21-22-25-31-40(51-43(46)50-38-30-35-44(9-4)10-5)34-39-47-41(45)32-26-27-33-42(48-36-28-23-18-15-12-7-2)49-37-29-24-19-16-13-8-3/h40,42-43,46H,6-39H2,1-5H3. The minimum Gasteiger partial charge on any atom is -0.466 e. The predicted molar refractivity (Wildman–Crippen MR) is 213 cm³/mol. The lowest BCUT2D eigenvalue weighted by Gasteiger charge is -2.22. The Morgan fingerprint density at radius 2 is 0.980 bits per heavy atom. The molecule has 0 heterocycles. The number of aliphatic hydroxyl groups excluding tert-OH is 1. The van der Waals surface area contributed by atoms with Gasteiger partial charge in [-0.3, -0.25) is 4.79 Å². The molecule has 0 saturated carbocycles. The molecular weight excluding hydrogens is 642 g/mol. The first-order chi connectivity index (χ1) is 25.0. The summed E-state index contributed by atoms with van der Waals surface area (Å²) in [6, 6.07) is 0. The molecule has 8 nitrogen and oxygen atoms in total. The lowest BCUT2D eigenvalue weighted by molar-refractivity contribution is -0.284. The Kier molecular flexibility index (Phi) is 39.8. The molecule has 0 radical (unpaired) electrons. The van der Waals surface area contributed by atoms with Crippen molar-refractivity contribution in [3.8, 4) is 0 Å². The van der Waals surface area contributed by atoms with Crippen molar-refractivity contribution < 1.29 is 33.6 Å². The molecule has 0 spiro atoms. The number of unbranched alkanes of at least 4 members (excludes halogenated alkanes) is 18. The summed E-state index contributed by atoms with van der Waals surface area (Å²) in [6.45, 7) is 15.0. The zero-order valence-corrected chi connectivity index (χ0v) is 34.6. The Morgan fingerprint density at radius 3 is 1.51 bits per heavy atom. The number of ether oxygens (including phenoxy) is 5. The summed E-state index contributed by atoms with van der Waals surface area (Å²) in [5, 5.41) is 10.5. The van der Waals surface area contributed by atoms with Gasteiger partial charge in [0, 0.05) is 32.6 Å². The Morgan fingerprint density at radius 1 is 0.510 bits per heavy atom. The molecule has 0 aliphatic carbocycles. The highest BCUT2D eigenvalue weighted by Crippen LogP contribution is 2.17. The molecule has 0 aromatic rings. The number of hydrogen-bond acceptors (Lipinski definition) is 8. The monoisotopic (exact) mass is 730 g/mol. The van der Waals surface area contributed by atoms with Gasteiger partial charge >= 0.3 is 5.97 Å². The van der Waals surface area contributed by atoms with E-state index in [1.807, 2.05) is 0 Å². The molecule has 0 bridgehead atoms. The van der Waals surface area contributed by atoms with Crippen molar-refractivity contribution in [2.24, 2.45) is 0 Å². The van der Waals surface area contributed by atoms with Gasteiger partial charge in [0.2, 0.25) is 0 Å². The molecule has 51 heavy (non-hydrogen) atoms. The number of carbonyl (C=O) groups is 1. The van der Waals surface area contributed by atoms with Crippen LogP contribution >= 0.6 is 0 Å². The van der Waals surface area contributed by atoms with Gasteiger partial charge in [-0.1, -0.05) is 150 Å². The van der Waals surface area contributed by atoms with Crippen LogP contribution in [0.4, 0.5) is 0 Å². The highest BCUT2D eigenvalue weighted by molar-refractivity contribution is 5.69. The largest absolute Gasteiger partial charge is 0.466 e. The zero-order chi connectivity index (χ0) is 37.5. The maximum atomic E-state index is 12.6. The highest BCUT2D eigenvalue weighted by Gasteiger charge is 2.17. The van der Waals surface area contributed by atoms with Crippen molar-refractivity contribution in [2.45, 2.75) is 227 Å². The molecule has 0 fully saturated rings. The third-order valence-electron chi connectivity index (χ3n) is 9.84. The van der Waals surface area contributed by atoms with Crippen molar-refractivity contribution >= 4 is 5.97 Å². The van der Waals surface area contributed by atoms with Crippen molar-refractivity contribution in [3.05, 3.63) is 0 Å². The molecule has 2 atom stereocenters. The first-order valence-electron chi connectivity index (χ1n) is 22.1. The van der Waals surface area contributed by atoms with Gasteiger partial charge in [-0.15, -0.1) is 0 Å². The SMILES string of the molecule is CCCCCCCCCCC(CCOC(=O)CCCCC(OCCCCCCCC)OCCCCCCCC)OC(O)OCCCN(CC)CC. The van der Waals surface area contributed by atoms with E-state index >= 15 is 0 Å². The van der Waals surface area contributed by atoms with Crippen LogP contribution in [-0.2, 0) is 28.5 Å². The summed E-state index contributed by atoms with van der Waals surface area (Å²) in [6.07, 6.45) is 29.5. The second-order valence-corrected chi connectivity index (χ2v) is 14.5. The summed E-state index contributed by atoms with van der Waals surface area (Å²) in [5.74, 6) is -0.174. The van der Waals surface area contributed by atoms with E-state index in [9.17, 15) is 9.90 Å². The van der Waals surface area contributed by atoms with Gasteiger partial charge in [-0.05, 0) is 58.0 Å². The van der Waals surface area contributed by atoms with Gasteiger partial charge in [-0.2, -0.15) is 0 Å². The van der Waals surface area contributed by atoms with Crippen LogP contribution in [0.5, 0.6) is 0 Å². The van der Waals surface area contributed by atoms with Crippen LogP contribution in [0.15, 0.2) is 0 Å². The average molecular weight is 730 g/mol. The summed E-state index contributed by atoms with van der Waals surface area (Å²) in [4.78, 5) is 14.9. The highest BCUT2D eigenvalue weighted by atomic mass is 16.8. The van der Waals surface area contributed by atoms with Gasteiger partial charge in [0.15, 0.2) is 6.29 Å². The average Bonchev–Trinajstić information content (AvgIpc) is 3.13. The number of carbonyl (C=O) groups excluding carboxylic acids is 1. The molecule has 0 aromatic carbocycles. The van der Waals surface area contributed by atoms with E-state index in [0.717, 1.165) is 90.6 Å². The molecule has 0 amide bonds. The minimum absolute atomic E-state index is 0.174. The Bertz CT molecular complexity index is 675. The topological polar surface area (TPSA) is 86.7 Å². The number of nitrogens with zero attached hydrogens (tertiary/aromatic N) is 1. The second kappa shape index (κ2) is 40.4. The molecule has 0 aromatic heterocycles. The van der Waals surface area contributed by atoms with E-state index in [-0.39, 0.29) is 18.4 Å². The summed E-state index contributed by atoms with van der Waals surface area (Å²) < 4.78 is 29.4. The molecule has 0 saturated heterocycles. The Hall–Kier alpha value is -0.770. The smallest absolute Gasteiger partial charge is 0.305 e. The molecule has 2 unspecified atom stereocenters. The summed E-state index contributed by atoms with van der Waals surface area (Å²) in [5.41, 5.74) is 0. The number of esters is 1. The lowest BCUT2D eigenvalue weighted by atomic mass is 10.0. The Labute approximate surface area is 316 Å². The van der Waals surface area contributed by atoms with E-state index in [0.29, 0.717) is 26.1 Å². The molecule has 1 N–H and O–H groups in total. The normalized spacial score (nSPS) is 13.0. The quantitative estimate of drug-likeness (QED) is 0.0377. The Balaban J connectivity index is 4.56. The third-order valence-corrected chi connectivity index (χ3v) is 9.84. The number of hydrogen-bond donors (Lipinski definition) is 1. The fourth-order valence-corrected chi connectivity index (χ4v) is 6.37. The molecule has 306 valence electrons. The van der Waals surface area contributed by atoms with Crippen LogP contribution in [0, 0.1) is 0 Å². The van der Waals surface area contributed by atoms with Crippen molar-refractivity contribution in [1.82, 2.24) is 4.90 Å². The zero-order valence-electron chi connectivity index (χ0n) is 34.6. The maximum Gasteiger partial charge on any atom is 0.305 e. The van der Waals surface area contributed by atoms with Crippen molar-refractivity contribution in [3.63, 3.8) is 0 Å². The molecule has 0 rings (SSSR count). The first kappa shape index (κ1) is 50.2. The number of rotatable bonds is 42. The van der Waals surface area contributed by atoms with Crippen LogP contribution < -0.4 is 0 Å². The second-order valence-electron chi connectivity index (χ2n) is 14.5. The maximum absolute atomic E-state index is 12.6. The van der Waals surface area contributed by atoms with E-state index in [2.05, 4.69) is 39.5 Å². The van der Waals surface area contributed by atoms with Gasteiger partial charge < -0.3 is 33.7 Å². The fourth-order valence-electron chi connectivity index (χ4n) is 6.37. The van der Waals surface area contributed by atoms with Gasteiger partial charge in [0.1, 0.15) is 0 Å². The van der Waals surface area contributed by atoms with Crippen LogP contribution in [0.1, 0.15) is 208 Å². The van der Waals surface area contributed by atoms with Gasteiger partial charge in [0.05, 0.1) is 19.3 Å². The van der Waals surface area contributed by atoms with Crippen LogP contribution in [0.3, 0.4) is 0 Å². The van der Waals surface area contributed by atoms with Crippen LogP contribution in [-0.4, -0.2) is 80.9 Å². The summed E-state index contributed by atoms with van der Waals surface area (Å²) >= 11 is 0. The van der Waals surface area contributed by atoms with Crippen LogP contribution in [0.2, 0.25) is 0 Å².